The molecule has 86 valence electrons. The molecule has 0 aromatic carbocycles. The maximum absolute atomic E-state index is 11.8. The van der Waals surface area contributed by atoms with E-state index in [1.54, 1.807) is 38.0 Å². The molecule has 1 fully saturated rings. The van der Waals surface area contributed by atoms with Crippen molar-refractivity contribution in [2.45, 2.75) is 19.3 Å². The quantitative estimate of drug-likeness (QED) is 0.672. The topological polar surface area (TPSA) is 40.6 Å². The summed E-state index contributed by atoms with van der Waals surface area (Å²) in [5.74, 6) is -0.0230. The normalized spacial score (nSPS) is 25.1. The number of hydrogen-bond donors (Lipinski definition) is 0. The van der Waals surface area contributed by atoms with Gasteiger partial charge in [-0.2, -0.15) is 0 Å². The molecule has 0 aliphatic heterocycles. The molecule has 0 radical (unpaired) electrons. The van der Waals surface area contributed by atoms with E-state index in [1.165, 1.54) is 0 Å². The molecule has 2 amide bonds. The highest BCUT2D eigenvalue weighted by molar-refractivity contribution is 5.87. The van der Waals surface area contributed by atoms with Gasteiger partial charge in [-0.3, -0.25) is 9.59 Å². The minimum Gasteiger partial charge on any atom is -0.349 e. The summed E-state index contributed by atoms with van der Waals surface area (Å²) >= 11 is 0. The van der Waals surface area contributed by atoms with Crippen LogP contribution in [0.15, 0.2) is 0 Å². The number of carbonyl (C=O) groups excluding carboxylic acids is 2. The van der Waals surface area contributed by atoms with Crippen LogP contribution in [0.3, 0.4) is 0 Å². The summed E-state index contributed by atoms with van der Waals surface area (Å²) in [4.78, 5) is 26.9. The van der Waals surface area contributed by atoms with Gasteiger partial charge in [0.15, 0.2) is 0 Å². The van der Waals surface area contributed by atoms with Gasteiger partial charge >= 0.3 is 0 Å². The summed E-state index contributed by atoms with van der Waals surface area (Å²) in [7, 11) is 6.99. The molecule has 0 bridgehead atoms. The third-order valence-electron chi connectivity index (χ3n) is 3.03. The van der Waals surface area contributed by atoms with E-state index in [2.05, 4.69) is 0 Å². The molecule has 1 aliphatic carbocycles. The van der Waals surface area contributed by atoms with Crippen molar-refractivity contribution in [1.82, 2.24) is 9.80 Å². The maximum atomic E-state index is 11.8. The van der Waals surface area contributed by atoms with Crippen molar-refractivity contribution in [3.63, 3.8) is 0 Å². The van der Waals surface area contributed by atoms with Gasteiger partial charge < -0.3 is 9.80 Å². The van der Waals surface area contributed by atoms with E-state index in [1.807, 2.05) is 0 Å². The Balaban J connectivity index is 2.73. The molecule has 1 rings (SSSR count). The molecule has 0 aromatic rings. The van der Waals surface area contributed by atoms with Crippen LogP contribution in [0, 0.1) is 11.8 Å². The lowest BCUT2D eigenvalue weighted by Crippen LogP contribution is -2.38. The van der Waals surface area contributed by atoms with Gasteiger partial charge in [0.1, 0.15) is 0 Å². The van der Waals surface area contributed by atoms with Crippen LogP contribution in [0.25, 0.3) is 0 Å². The molecule has 0 unspecified atom stereocenters. The second kappa shape index (κ2) is 4.64. The van der Waals surface area contributed by atoms with Gasteiger partial charge in [-0.25, -0.2) is 0 Å². The van der Waals surface area contributed by atoms with Crippen LogP contribution in [-0.2, 0) is 9.59 Å². The Morgan fingerprint density at radius 3 is 1.47 bits per heavy atom. The third-order valence-corrected chi connectivity index (χ3v) is 3.03. The van der Waals surface area contributed by atoms with E-state index in [4.69, 9.17) is 0 Å². The first-order valence-electron chi connectivity index (χ1n) is 5.37. The summed E-state index contributed by atoms with van der Waals surface area (Å²) in [5.41, 5.74) is 0. The number of carbonyl (C=O) groups is 2. The molecular weight excluding hydrogens is 192 g/mol. The van der Waals surface area contributed by atoms with Crippen LogP contribution >= 0.6 is 0 Å². The van der Waals surface area contributed by atoms with Crippen LogP contribution in [0.4, 0.5) is 0 Å². The predicted molar refractivity (Wildman–Crippen MR) is 58.2 cm³/mol. The zero-order chi connectivity index (χ0) is 11.6. The van der Waals surface area contributed by atoms with Crippen molar-refractivity contribution in [2.75, 3.05) is 28.2 Å². The first kappa shape index (κ1) is 12.0. The lowest BCUT2D eigenvalue weighted by molar-refractivity contribution is -0.142. The van der Waals surface area contributed by atoms with Gasteiger partial charge in [-0.05, 0) is 12.8 Å². The summed E-state index contributed by atoms with van der Waals surface area (Å²) < 4.78 is 0. The van der Waals surface area contributed by atoms with Crippen LogP contribution < -0.4 is 0 Å². The molecular formula is C11H20N2O2. The highest BCUT2D eigenvalue weighted by Crippen LogP contribution is 2.33. The van der Waals surface area contributed by atoms with E-state index in [0.29, 0.717) is 0 Å². The second-order valence-corrected chi connectivity index (χ2v) is 4.61. The number of hydrogen-bond acceptors (Lipinski definition) is 2. The zero-order valence-corrected chi connectivity index (χ0v) is 9.99. The standard InChI is InChI=1S/C11H20N2O2/c1-12(2)10(14)8-6-5-7-9(8)11(15)13(3)4/h8-9H,5-7H2,1-4H3/t8-,9-/m0/s1. The number of rotatable bonds is 2. The van der Waals surface area contributed by atoms with E-state index in [-0.39, 0.29) is 23.7 Å². The second-order valence-electron chi connectivity index (χ2n) is 4.61. The first-order valence-corrected chi connectivity index (χ1v) is 5.37. The number of nitrogens with zero attached hydrogens (tertiary/aromatic N) is 2. The molecule has 4 heteroatoms. The predicted octanol–water partition coefficient (Wildman–Crippen LogP) is 0.579. The smallest absolute Gasteiger partial charge is 0.225 e. The minimum absolute atomic E-state index is 0.0905. The summed E-state index contributed by atoms with van der Waals surface area (Å²) in [5, 5.41) is 0. The van der Waals surface area contributed by atoms with Gasteiger partial charge in [-0.15, -0.1) is 0 Å². The fraction of sp³-hybridized carbons (Fsp3) is 0.818. The molecule has 0 aromatic heterocycles. The Morgan fingerprint density at radius 1 is 0.867 bits per heavy atom. The van der Waals surface area contributed by atoms with Crippen molar-refractivity contribution < 1.29 is 9.59 Å². The van der Waals surface area contributed by atoms with Crippen LogP contribution in [-0.4, -0.2) is 49.8 Å². The van der Waals surface area contributed by atoms with Crippen molar-refractivity contribution in [3.05, 3.63) is 0 Å². The Hall–Kier alpha value is -1.06. The molecule has 0 spiro atoms. The summed E-state index contributed by atoms with van der Waals surface area (Å²) in [6.07, 6.45) is 2.68. The average molecular weight is 212 g/mol. The van der Waals surface area contributed by atoms with Gasteiger partial charge in [0, 0.05) is 40.0 Å². The van der Waals surface area contributed by atoms with Crippen molar-refractivity contribution in [1.29, 1.82) is 0 Å². The van der Waals surface area contributed by atoms with Crippen molar-refractivity contribution in [3.8, 4) is 0 Å². The lowest BCUT2D eigenvalue weighted by atomic mass is 9.93. The monoisotopic (exact) mass is 212 g/mol. The van der Waals surface area contributed by atoms with Crippen molar-refractivity contribution in [2.24, 2.45) is 11.8 Å². The lowest BCUT2D eigenvalue weighted by Gasteiger charge is -2.24. The van der Waals surface area contributed by atoms with Crippen LogP contribution in [0.5, 0.6) is 0 Å². The Morgan fingerprint density at radius 2 is 1.20 bits per heavy atom. The van der Waals surface area contributed by atoms with Gasteiger partial charge in [0.2, 0.25) is 11.8 Å². The van der Waals surface area contributed by atoms with E-state index in [9.17, 15) is 9.59 Å². The highest BCUT2D eigenvalue weighted by atomic mass is 16.2. The van der Waals surface area contributed by atoms with Crippen LogP contribution in [0.1, 0.15) is 19.3 Å². The van der Waals surface area contributed by atoms with Crippen molar-refractivity contribution >= 4 is 11.8 Å². The van der Waals surface area contributed by atoms with Crippen LogP contribution in [0.2, 0.25) is 0 Å². The molecule has 15 heavy (non-hydrogen) atoms. The van der Waals surface area contributed by atoms with E-state index < -0.39 is 0 Å². The molecule has 1 saturated carbocycles. The summed E-state index contributed by atoms with van der Waals surface area (Å²) in [6.45, 7) is 0. The first-order chi connectivity index (χ1) is 6.95. The third kappa shape index (κ3) is 2.49. The SMILES string of the molecule is CN(C)C(=O)[C@H]1CCC[C@@H]1C(=O)N(C)C. The average Bonchev–Trinajstić information content (AvgIpc) is 2.63. The fourth-order valence-electron chi connectivity index (χ4n) is 2.21. The van der Waals surface area contributed by atoms with Gasteiger partial charge in [-0.1, -0.05) is 6.42 Å². The fourth-order valence-corrected chi connectivity index (χ4v) is 2.21. The van der Waals surface area contributed by atoms with E-state index in [0.717, 1.165) is 19.3 Å². The minimum atomic E-state index is -0.102. The van der Waals surface area contributed by atoms with E-state index >= 15 is 0 Å². The molecule has 1 aliphatic rings. The molecule has 2 atom stereocenters. The van der Waals surface area contributed by atoms with Gasteiger partial charge in [0.25, 0.3) is 0 Å². The Bertz CT molecular complexity index is 235. The molecule has 0 heterocycles. The zero-order valence-electron chi connectivity index (χ0n) is 9.99. The molecule has 0 N–H and O–H groups in total. The van der Waals surface area contributed by atoms with Gasteiger partial charge in [0.05, 0.1) is 0 Å². The number of amides is 2. The highest BCUT2D eigenvalue weighted by Gasteiger charge is 2.38. The maximum Gasteiger partial charge on any atom is 0.225 e. The Labute approximate surface area is 91.2 Å². The Kier molecular flexibility index (Phi) is 3.72. The molecule has 4 nitrogen and oxygen atoms in total. The largest absolute Gasteiger partial charge is 0.349 e. The molecule has 0 saturated heterocycles. The summed E-state index contributed by atoms with van der Waals surface area (Å²) in [6, 6.07) is 0.